The number of fused-ring (bicyclic) bond motifs is 1. The van der Waals surface area contributed by atoms with Crippen molar-refractivity contribution in [1.82, 2.24) is 4.98 Å². The molecule has 2 aromatic rings. The van der Waals surface area contributed by atoms with Crippen molar-refractivity contribution < 1.29 is 8.81 Å². The minimum absolute atomic E-state index is 0.368. The van der Waals surface area contributed by atoms with Crippen LogP contribution in [0.4, 0.5) is 4.39 Å². The van der Waals surface area contributed by atoms with Crippen LogP contribution in [-0.4, -0.2) is 10.2 Å². The van der Waals surface area contributed by atoms with Crippen LogP contribution in [0.5, 0.6) is 0 Å². The van der Waals surface area contributed by atoms with Crippen molar-refractivity contribution in [2.45, 2.75) is 24.2 Å². The first-order valence-electron chi connectivity index (χ1n) is 4.37. The SMILES string of the molecule is CC(C)Sc1cc2ncc(F)cc2o1. The molecule has 2 heterocycles. The molecule has 0 amide bonds. The molecule has 0 aromatic carbocycles. The molecule has 0 atom stereocenters. The van der Waals surface area contributed by atoms with Gasteiger partial charge in [-0.05, 0) is 0 Å². The van der Waals surface area contributed by atoms with Crippen LogP contribution in [0.25, 0.3) is 11.1 Å². The predicted octanol–water partition coefficient (Wildman–Crippen LogP) is 3.47. The topological polar surface area (TPSA) is 26.0 Å². The fraction of sp³-hybridized carbons (Fsp3) is 0.300. The maximum Gasteiger partial charge on any atom is 0.163 e. The molecule has 0 fully saturated rings. The van der Waals surface area contributed by atoms with E-state index in [0.717, 1.165) is 5.09 Å². The van der Waals surface area contributed by atoms with Crippen LogP contribution in [-0.2, 0) is 0 Å². The minimum Gasteiger partial charge on any atom is -0.448 e. The zero-order valence-electron chi connectivity index (χ0n) is 7.95. The molecule has 0 saturated carbocycles. The summed E-state index contributed by atoms with van der Waals surface area (Å²) in [5, 5.41) is 1.23. The van der Waals surface area contributed by atoms with E-state index in [1.54, 1.807) is 11.8 Å². The van der Waals surface area contributed by atoms with Crippen molar-refractivity contribution in [3.8, 4) is 0 Å². The zero-order chi connectivity index (χ0) is 10.1. The van der Waals surface area contributed by atoms with E-state index in [9.17, 15) is 4.39 Å². The summed E-state index contributed by atoms with van der Waals surface area (Å²) in [6.45, 7) is 4.15. The summed E-state index contributed by atoms with van der Waals surface area (Å²) in [5.74, 6) is -0.368. The lowest BCUT2D eigenvalue weighted by atomic mass is 10.4. The molecular formula is C10H10FNOS. The molecule has 4 heteroatoms. The van der Waals surface area contributed by atoms with Crippen molar-refractivity contribution in [2.75, 3.05) is 0 Å². The molecule has 0 saturated heterocycles. The molecule has 2 rings (SSSR count). The van der Waals surface area contributed by atoms with Gasteiger partial charge < -0.3 is 4.42 Å². The van der Waals surface area contributed by atoms with E-state index in [0.29, 0.717) is 16.3 Å². The molecule has 14 heavy (non-hydrogen) atoms. The van der Waals surface area contributed by atoms with Gasteiger partial charge in [0.1, 0.15) is 11.3 Å². The molecule has 0 N–H and O–H groups in total. The molecule has 74 valence electrons. The molecule has 0 bridgehead atoms. The average Bonchev–Trinajstić information content (AvgIpc) is 2.44. The summed E-state index contributed by atoms with van der Waals surface area (Å²) in [6, 6.07) is 3.19. The van der Waals surface area contributed by atoms with Gasteiger partial charge in [0.2, 0.25) is 0 Å². The maximum atomic E-state index is 12.8. The Kier molecular flexibility index (Phi) is 2.46. The second kappa shape index (κ2) is 3.61. The van der Waals surface area contributed by atoms with Crippen LogP contribution in [0, 0.1) is 5.82 Å². The number of aromatic nitrogens is 1. The molecule has 0 spiro atoms. The normalized spacial score (nSPS) is 11.4. The summed E-state index contributed by atoms with van der Waals surface area (Å²) in [5.41, 5.74) is 1.21. The number of hydrogen-bond donors (Lipinski definition) is 0. The number of nitrogens with zero attached hydrogens (tertiary/aromatic N) is 1. The number of furan rings is 1. The van der Waals surface area contributed by atoms with Gasteiger partial charge in [-0.2, -0.15) is 0 Å². The van der Waals surface area contributed by atoms with E-state index in [-0.39, 0.29) is 5.82 Å². The molecule has 0 aliphatic heterocycles. The first kappa shape index (κ1) is 9.52. The smallest absolute Gasteiger partial charge is 0.163 e. The number of pyridine rings is 1. The Morgan fingerprint density at radius 2 is 2.21 bits per heavy atom. The van der Waals surface area contributed by atoms with E-state index in [1.165, 1.54) is 12.3 Å². The highest BCUT2D eigenvalue weighted by molar-refractivity contribution is 7.99. The van der Waals surface area contributed by atoms with Crippen LogP contribution < -0.4 is 0 Å². The molecular weight excluding hydrogens is 201 g/mol. The monoisotopic (exact) mass is 211 g/mol. The van der Waals surface area contributed by atoms with Crippen LogP contribution in [0.15, 0.2) is 27.8 Å². The number of hydrogen-bond acceptors (Lipinski definition) is 3. The third kappa shape index (κ3) is 1.90. The molecule has 2 nitrogen and oxygen atoms in total. The van der Waals surface area contributed by atoms with E-state index in [2.05, 4.69) is 18.8 Å². The lowest BCUT2D eigenvalue weighted by Crippen LogP contribution is -1.82. The van der Waals surface area contributed by atoms with Crippen LogP contribution >= 0.6 is 11.8 Å². The summed E-state index contributed by atoms with van der Waals surface area (Å²) >= 11 is 1.60. The second-order valence-electron chi connectivity index (χ2n) is 3.27. The van der Waals surface area contributed by atoms with Crippen molar-refractivity contribution in [3.63, 3.8) is 0 Å². The van der Waals surface area contributed by atoms with Crippen molar-refractivity contribution in [2.24, 2.45) is 0 Å². The first-order valence-corrected chi connectivity index (χ1v) is 5.25. The zero-order valence-corrected chi connectivity index (χ0v) is 8.77. The van der Waals surface area contributed by atoms with Gasteiger partial charge in [0.05, 0.1) is 6.20 Å². The fourth-order valence-electron chi connectivity index (χ4n) is 1.16. The number of rotatable bonds is 2. The van der Waals surface area contributed by atoms with E-state index < -0.39 is 0 Å². The van der Waals surface area contributed by atoms with Gasteiger partial charge in [0.25, 0.3) is 0 Å². The minimum atomic E-state index is -0.368. The number of halogens is 1. The van der Waals surface area contributed by atoms with Gasteiger partial charge in [0.15, 0.2) is 10.7 Å². The van der Waals surface area contributed by atoms with Gasteiger partial charge in [0, 0.05) is 17.4 Å². The Bertz CT molecular complexity index is 452. The van der Waals surface area contributed by atoms with Crippen molar-refractivity contribution in [1.29, 1.82) is 0 Å². The lowest BCUT2D eigenvalue weighted by molar-refractivity contribution is 0.510. The predicted molar refractivity (Wildman–Crippen MR) is 55.0 cm³/mol. The van der Waals surface area contributed by atoms with Gasteiger partial charge in [-0.15, -0.1) is 0 Å². The summed E-state index contributed by atoms with van der Waals surface area (Å²) in [7, 11) is 0. The third-order valence-electron chi connectivity index (χ3n) is 1.67. The van der Waals surface area contributed by atoms with Crippen LogP contribution in [0.1, 0.15) is 13.8 Å². The third-order valence-corrected chi connectivity index (χ3v) is 2.57. The summed E-state index contributed by atoms with van der Waals surface area (Å²) < 4.78 is 18.2. The van der Waals surface area contributed by atoms with Crippen LogP contribution in [0.2, 0.25) is 0 Å². The Morgan fingerprint density at radius 3 is 2.93 bits per heavy atom. The first-order chi connectivity index (χ1) is 6.65. The standard InChI is InChI=1S/C10H10FNOS/c1-6(2)14-10-4-8-9(13-10)3-7(11)5-12-8/h3-6H,1-2H3. The van der Waals surface area contributed by atoms with Crippen molar-refractivity contribution >= 4 is 22.9 Å². The molecule has 0 aliphatic carbocycles. The summed E-state index contributed by atoms with van der Waals surface area (Å²) in [6.07, 6.45) is 1.20. The van der Waals surface area contributed by atoms with Gasteiger partial charge in [-0.25, -0.2) is 9.37 Å². The number of thioether (sulfide) groups is 1. The Balaban J connectivity index is 2.41. The highest BCUT2D eigenvalue weighted by Gasteiger charge is 2.07. The average molecular weight is 211 g/mol. The second-order valence-corrected chi connectivity index (χ2v) is 4.85. The molecule has 2 aromatic heterocycles. The highest BCUT2D eigenvalue weighted by Crippen LogP contribution is 2.28. The molecule has 0 aliphatic rings. The van der Waals surface area contributed by atoms with E-state index >= 15 is 0 Å². The Labute approximate surface area is 85.5 Å². The summed E-state index contributed by atoms with van der Waals surface area (Å²) in [4.78, 5) is 3.93. The van der Waals surface area contributed by atoms with E-state index in [1.807, 2.05) is 6.07 Å². The fourth-order valence-corrected chi connectivity index (χ4v) is 1.94. The molecule has 0 radical (unpaired) electrons. The van der Waals surface area contributed by atoms with Gasteiger partial charge in [-0.1, -0.05) is 25.6 Å². The quantitative estimate of drug-likeness (QED) is 0.711. The Hall–Kier alpha value is -1.03. The van der Waals surface area contributed by atoms with Gasteiger partial charge >= 0.3 is 0 Å². The largest absolute Gasteiger partial charge is 0.448 e. The molecule has 0 unspecified atom stereocenters. The van der Waals surface area contributed by atoms with Gasteiger partial charge in [-0.3, -0.25) is 0 Å². The van der Waals surface area contributed by atoms with Crippen molar-refractivity contribution in [3.05, 3.63) is 24.1 Å². The van der Waals surface area contributed by atoms with Crippen LogP contribution in [0.3, 0.4) is 0 Å². The lowest BCUT2D eigenvalue weighted by Gasteiger charge is -1.97. The highest BCUT2D eigenvalue weighted by atomic mass is 32.2. The van der Waals surface area contributed by atoms with E-state index in [4.69, 9.17) is 4.42 Å². The maximum absolute atomic E-state index is 12.8. The Morgan fingerprint density at radius 1 is 1.43 bits per heavy atom.